The van der Waals surface area contributed by atoms with Crippen molar-refractivity contribution in [1.82, 2.24) is 0 Å². The van der Waals surface area contributed by atoms with Crippen LogP contribution in [-0.2, 0) is 24.1 Å². The first-order valence-electron chi connectivity index (χ1n) is 3.30. The first kappa shape index (κ1) is 11.8. The summed E-state index contributed by atoms with van der Waals surface area (Å²) in [5, 5.41) is 0. The molecule has 0 aliphatic heterocycles. The predicted molar refractivity (Wildman–Crippen MR) is 39.7 cm³/mol. The molecule has 0 heterocycles. The number of rotatable bonds is 6. The molecule has 74 valence electrons. The molecule has 1 atom stereocenters. The SMILES string of the molecule is CCOC(C)OCOS(=O)(=O)O. The summed E-state index contributed by atoms with van der Waals surface area (Å²) >= 11 is 0. The van der Waals surface area contributed by atoms with Crippen molar-refractivity contribution in [2.75, 3.05) is 13.4 Å². The highest BCUT2D eigenvalue weighted by Crippen LogP contribution is 1.94. The second-order valence-electron chi connectivity index (χ2n) is 1.85. The lowest BCUT2D eigenvalue weighted by atomic mass is 10.7. The topological polar surface area (TPSA) is 82.1 Å². The van der Waals surface area contributed by atoms with E-state index in [4.69, 9.17) is 9.29 Å². The average Bonchev–Trinajstić information content (AvgIpc) is 1.84. The standard InChI is InChI=1S/C5H12O6S/c1-3-9-5(2)10-4-11-12(6,7)8/h5H,3-4H2,1-2H3,(H,6,7,8). The van der Waals surface area contributed by atoms with Gasteiger partial charge in [-0.2, -0.15) is 8.42 Å². The third-order valence-electron chi connectivity index (χ3n) is 0.901. The molecule has 0 amide bonds. The highest BCUT2D eigenvalue weighted by atomic mass is 32.3. The van der Waals surface area contributed by atoms with Crippen molar-refractivity contribution in [1.29, 1.82) is 0 Å². The van der Waals surface area contributed by atoms with E-state index in [0.717, 1.165) is 0 Å². The monoisotopic (exact) mass is 200 g/mol. The summed E-state index contributed by atoms with van der Waals surface area (Å²) in [4.78, 5) is 0. The molecule has 0 radical (unpaired) electrons. The van der Waals surface area contributed by atoms with Crippen LogP contribution < -0.4 is 0 Å². The van der Waals surface area contributed by atoms with E-state index >= 15 is 0 Å². The zero-order chi connectivity index (χ0) is 9.61. The molecule has 6 nitrogen and oxygen atoms in total. The second kappa shape index (κ2) is 5.44. The Hall–Kier alpha value is -0.210. The van der Waals surface area contributed by atoms with E-state index < -0.39 is 23.5 Å². The van der Waals surface area contributed by atoms with Crippen molar-refractivity contribution in [3.05, 3.63) is 0 Å². The zero-order valence-corrected chi connectivity index (χ0v) is 7.70. The van der Waals surface area contributed by atoms with Crippen LogP contribution in [0.1, 0.15) is 13.8 Å². The van der Waals surface area contributed by atoms with Gasteiger partial charge >= 0.3 is 10.4 Å². The van der Waals surface area contributed by atoms with Gasteiger partial charge in [0.25, 0.3) is 0 Å². The molecule has 0 aliphatic rings. The van der Waals surface area contributed by atoms with Gasteiger partial charge in [-0.05, 0) is 13.8 Å². The van der Waals surface area contributed by atoms with Crippen LogP contribution in [-0.4, -0.2) is 32.7 Å². The van der Waals surface area contributed by atoms with Crippen molar-refractivity contribution in [3.8, 4) is 0 Å². The van der Waals surface area contributed by atoms with Crippen LogP contribution in [0.2, 0.25) is 0 Å². The predicted octanol–water partition coefficient (Wildman–Crippen LogP) is 0.162. The van der Waals surface area contributed by atoms with E-state index in [1.54, 1.807) is 13.8 Å². The van der Waals surface area contributed by atoms with Crippen LogP contribution in [0.15, 0.2) is 0 Å². The van der Waals surface area contributed by atoms with Crippen LogP contribution in [0.3, 0.4) is 0 Å². The Kier molecular flexibility index (Phi) is 5.34. The Balaban J connectivity index is 3.44. The van der Waals surface area contributed by atoms with Crippen LogP contribution >= 0.6 is 0 Å². The van der Waals surface area contributed by atoms with Gasteiger partial charge in [0.05, 0.1) is 0 Å². The molecule has 0 saturated heterocycles. The normalized spacial score (nSPS) is 14.6. The average molecular weight is 200 g/mol. The summed E-state index contributed by atoms with van der Waals surface area (Å²) in [6.07, 6.45) is -0.559. The number of hydrogen-bond acceptors (Lipinski definition) is 5. The lowest BCUT2D eigenvalue weighted by Gasteiger charge is -2.11. The summed E-state index contributed by atoms with van der Waals surface area (Å²) in [5.74, 6) is 0. The molecule has 0 aromatic carbocycles. The molecule has 0 saturated carbocycles. The molecule has 0 spiro atoms. The molecule has 0 fully saturated rings. The van der Waals surface area contributed by atoms with Crippen molar-refractivity contribution in [2.24, 2.45) is 0 Å². The Morgan fingerprint density at radius 2 is 2.00 bits per heavy atom. The first-order chi connectivity index (χ1) is 5.45. The van der Waals surface area contributed by atoms with Gasteiger partial charge in [0, 0.05) is 6.61 Å². The number of ether oxygens (including phenoxy) is 2. The molecule has 0 rings (SSSR count). The Morgan fingerprint density at radius 1 is 1.42 bits per heavy atom. The van der Waals surface area contributed by atoms with Crippen LogP contribution in [0.25, 0.3) is 0 Å². The van der Waals surface area contributed by atoms with Crippen molar-refractivity contribution < 1.29 is 26.6 Å². The van der Waals surface area contributed by atoms with Gasteiger partial charge in [0.1, 0.15) is 0 Å². The van der Waals surface area contributed by atoms with Gasteiger partial charge in [0.15, 0.2) is 13.1 Å². The summed E-state index contributed by atoms with van der Waals surface area (Å²) < 4.78 is 41.5. The lowest BCUT2D eigenvalue weighted by Crippen LogP contribution is -2.16. The molecule has 1 N–H and O–H groups in total. The molecule has 0 aromatic heterocycles. The first-order valence-corrected chi connectivity index (χ1v) is 4.67. The fraction of sp³-hybridized carbons (Fsp3) is 1.00. The van der Waals surface area contributed by atoms with Gasteiger partial charge in [-0.15, -0.1) is 0 Å². The van der Waals surface area contributed by atoms with Gasteiger partial charge in [-0.25, -0.2) is 4.18 Å². The van der Waals surface area contributed by atoms with Gasteiger partial charge in [-0.1, -0.05) is 0 Å². The summed E-state index contributed by atoms with van der Waals surface area (Å²) in [6, 6.07) is 0. The maximum Gasteiger partial charge on any atom is 0.399 e. The molecule has 12 heavy (non-hydrogen) atoms. The zero-order valence-electron chi connectivity index (χ0n) is 6.89. The summed E-state index contributed by atoms with van der Waals surface area (Å²) in [6.45, 7) is 3.24. The third-order valence-corrected chi connectivity index (χ3v) is 1.30. The van der Waals surface area contributed by atoms with Gasteiger partial charge in [-0.3, -0.25) is 4.55 Å². The van der Waals surface area contributed by atoms with Crippen molar-refractivity contribution in [2.45, 2.75) is 20.1 Å². The minimum atomic E-state index is -4.42. The van der Waals surface area contributed by atoms with Crippen molar-refractivity contribution in [3.63, 3.8) is 0 Å². The smallest absolute Gasteiger partial charge is 0.353 e. The van der Waals surface area contributed by atoms with Gasteiger partial charge in [0.2, 0.25) is 0 Å². The van der Waals surface area contributed by atoms with Crippen LogP contribution in [0, 0.1) is 0 Å². The number of hydrogen-bond donors (Lipinski definition) is 1. The Bertz CT molecular complexity index is 198. The third kappa shape index (κ3) is 7.89. The summed E-state index contributed by atoms with van der Waals surface area (Å²) in [5.41, 5.74) is 0. The Morgan fingerprint density at radius 3 is 2.42 bits per heavy atom. The van der Waals surface area contributed by atoms with E-state index in [1.807, 2.05) is 0 Å². The molecule has 0 bridgehead atoms. The highest BCUT2D eigenvalue weighted by molar-refractivity contribution is 7.80. The minimum Gasteiger partial charge on any atom is -0.353 e. The van der Waals surface area contributed by atoms with E-state index in [0.29, 0.717) is 6.61 Å². The molecule has 0 aromatic rings. The maximum absolute atomic E-state index is 9.98. The molecule has 0 aliphatic carbocycles. The lowest BCUT2D eigenvalue weighted by molar-refractivity contribution is -0.161. The van der Waals surface area contributed by atoms with Crippen LogP contribution in [0.4, 0.5) is 0 Å². The van der Waals surface area contributed by atoms with Crippen LogP contribution in [0.5, 0.6) is 0 Å². The molecular formula is C5H12O6S. The van der Waals surface area contributed by atoms with Crippen molar-refractivity contribution >= 4 is 10.4 Å². The van der Waals surface area contributed by atoms with Gasteiger partial charge < -0.3 is 9.47 Å². The fourth-order valence-corrected chi connectivity index (χ4v) is 0.644. The molecular weight excluding hydrogens is 188 g/mol. The van der Waals surface area contributed by atoms with E-state index in [9.17, 15) is 8.42 Å². The quantitative estimate of drug-likeness (QED) is 0.486. The minimum absolute atomic E-state index is 0.451. The second-order valence-corrected chi connectivity index (χ2v) is 2.94. The summed E-state index contributed by atoms with van der Waals surface area (Å²) in [7, 11) is -4.42. The van der Waals surface area contributed by atoms with E-state index in [1.165, 1.54) is 0 Å². The largest absolute Gasteiger partial charge is 0.399 e. The molecule has 1 unspecified atom stereocenters. The highest BCUT2D eigenvalue weighted by Gasteiger charge is 2.06. The molecule has 7 heteroatoms. The maximum atomic E-state index is 9.98. The van der Waals surface area contributed by atoms with E-state index in [2.05, 4.69) is 8.92 Å². The van der Waals surface area contributed by atoms with E-state index in [-0.39, 0.29) is 0 Å². The Labute approximate surface area is 71.4 Å². The fourth-order valence-electron chi connectivity index (χ4n) is 0.467.